The second-order valence-electron chi connectivity index (χ2n) is 6.35. The molecule has 7 heteroatoms. The number of rotatable bonds is 7. The third kappa shape index (κ3) is 4.73. The molecule has 0 radical (unpaired) electrons. The second-order valence-corrected chi connectivity index (χ2v) is 8.11. The summed E-state index contributed by atoms with van der Waals surface area (Å²) in [6.07, 6.45) is 6.89. The minimum absolute atomic E-state index is 0.0128. The third-order valence-corrected chi connectivity index (χ3v) is 5.67. The highest BCUT2D eigenvalue weighted by Crippen LogP contribution is 2.30. The van der Waals surface area contributed by atoms with E-state index in [2.05, 4.69) is 10.6 Å². The summed E-state index contributed by atoms with van der Waals surface area (Å²) in [4.78, 5) is 14.7. The van der Waals surface area contributed by atoms with Gasteiger partial charge in [-0.3, -0.25) is 4.79 Å². The zero-order valence-corrected chi connectivity index (χ0v) is 15.4. The molecule has 0 heterocycles. The number of carbonyl (C=O) groups excluding carboxylic acids is 1. The molecule has 0 aliphatic heterocycles. The number of hydrogen-bond donors (Lipinski definition) is 1. The molecule has 0 bridgehead atoms. The number of nitrogens with one attached hydrogen (secondary N) is 1. The Balaban J connectivity index is 1.83. The number of halogens is 1. The number of amides is 1. The zero-order valence-electron chi connectivity index (χ0n) is 14.6. The molecule has 0 atom stereocenters. The molecule has 2 aromatic rings. The normalized spacial score (nSPS) is 13.8. The van der Waals surface area contributed by atoms with E-state index >= 15 is 0 Å². The van der Waals surface area contributed by atoms with Crippen molar-refractivity contribution in [1.82, 2.24) is 9.62 Å². The van der Waals surface area contributed by atoms with Crippen LogP contribution in [0.15, 0.2) is 53.4 Å². The number of sulfonamides is 1. The molecule has 0 aromatic heterocycles. The van der Waals surface area contributed by atoms with Gasteiger partial charge in [0.25, 0.3) is 5.91 Å². The van der Waals surface area contributed by atoms with Crippen molar-refractivity contribution in [1.29, 1.82) is 0 Å². The standard InChI is InChI=1S/C20H19FN2O3S/c1-2-12-22-27(25,26)19-5-3-4-16(13-19)20(24)23(18-10-11-18)14-15-6-8-17(21)9-7-15/h1,3-9,13,18,22H,10-12,14H2. The predicted octanol–water partition coefficient (Wildman–Crippen LogP) is 2.54. The highest BCUT2D eigenvalue weighted by Gasteiger charge is 2.33. The number of nitrogens with zero attached hydrogens (tertiary/aromatic N) is 1. The first-order valence-corrected chi connectivity index (χ1v) is 9.97. The molecule has 1 amide bonds. The zero-order chi connectivity index (χ0) is 19.4. The Labute approximate surface area is 158 Å². The van der Waals surface area contributed by atoms with Crippen LogP contribution in [0.2, 0.25) is 0 Å². The van der Waals surface area contributed by atoms with E-state index in [-0.39, 0.29) is 34.8 Å². The minimum atomic E-state index is -3.78. The van der Waals surface area contributed by atoms with E-state index in [1.54, 1.807) is 23.1 Å². The number of hydrogen-bond acceptors (Lipinski definition) is 3. The third-order valence-electron chi connectivity index (χ3n) is 4.27. The van der Waals surface area contributed by atoms with Crippen LogP contribution in [0, 0.1) is 18.2 Å². The van der Waals surface area contributed by atoms with Crippen LogP contribution in [-0.2, 0) is 16.6 Å². The Morgan fingerprint density at radius 2 is 1.93 bits per heavy atom. The summed E-state index contributed by atoms with van der Waals surface area (Å²) in [5, 5.41) is 0. The van der Waals surface area contributed by atoms with Gasteiger partial charge in [0.05, 0.1) is 11.4 Å². The van der Waals surface area contributed by atoms with Gasteiger partial charge in [-0.1, -0.05) is 24.1 Å². The summed E-state index contributed by atoms with van der Waals surface area (Å²) in [5.41, 5.74) is 1.10. The average Bonchev–Trinajstić information content (AvgIpc) is 3.50. The fraction of sp³-hybridized carbons (Fsp3) is 0.250. The smallest absolute Gasteiger partial charge is 0.254 e. The lowest BCUT2D eigenvalue weighted by Gasteiger charge is -2.23. The van der Waals surface area contributed by atoms with Crippen molar-refractivity contribution in [3.63, 3.8) is 0 Å². The van der Waals surface area contributed by atoms with E-state index in [1.165, 1.54) is 30.3 Å². The quantitative estimate of drug-likeness (QED) is 0.744. The highest BCUT2D eigenvalue weighted by molar-refractivity contribution is 7.89. The Morgan fingerprint density at radius 3 is 2.56 bits per heavy atom. The van der Waals surface area contributed by atoms with Gasteiger partial charge >= 0.3 is 0 Å². The molecule has 140 valence electrons. The minimum Gasteiger partial charge on any atom is -0.331 e. The van der Waals surface area contributed by atoms with Crippen LogP contribution >= 0.6 is 0 Å². The van der Waals surface area contributed by atoms with Crippen molar-refractivity contribution < 1.29 is 17.6 Å². The van der Waals surface area contributed by atoms with Gasteiger partial charge in [-0.25, -0.2) is 12.8 Å². The molecular formula is C20H19FN2O3S. The molecule has 1 aliphatic carbocycles. The SMILES string of the molecule is C#CCNS(=O)(=O)c1cccc(C(=O)N(Cc2ccc(F)cc2)C2CC2)c1. The van der Waals surface area contributed by atoms with E-state index in [9.17, 15) is 17.6 Å². The van der Waals surface area contributed by atoms with Crippen LogP contribution in [0.4, 0.5) is 4.39 Å². The van der Waals surface area contributed by atoms with Crippen molar-refractivity contribution in [2.24, 2.45) is 0 Å². The van der Waals surface area contributed by atoms with Crippen LogP contribution in [-0.4, -0.2) is 31.8 Å². The van der Waals surface area contributed by atoms with Crippen molar-refractivity contribution in [2.75, 3.05) is 6.54 Å². The second kappa shape index (κ2) is 7.91. The Hall–Kier alpha value is -2.69. The van der Waals surface area contributed by atoms with E-state index in [1.807, 2.05) is 0 Å². The lowest BCUT2D eigenvalue weighted by atomic mass is 10.1. The summed E-state index contributed by atoms with van der Waals surface area (Å²) < 4.78 is 39.9. The molecule has 1 aliphatic rings. The number of carbonyl (C=O) groups is 1. The van der Waals surface area contributed by atoms with Crippen molar-refractivity contribution in [3.05, 3.63) is 65.5 Å². The van der Waals surface area contributed by atoms with Gasteiger partial charge in [-0.2, -0.15) is 4.72 Å². The average molecular weight is 386 g/mol. The maximum atomic E-state index is 13.1. The Bertz CT molecular complexity index is 977. The molecule has 1 fully saturated rings. The van der Waals surface area contributed by atoms with E-state index in [0.29, 0.717) is 6.54 Å². The molecule has 2 aromatic carbocycles. The first-order valence-electron chi connectivity index (χ1n) is 8.49. The molecule has 3 rings (SSSR count). The number of terminal acetylenes is 1. The van der Waals surface area contributed by atoms with Crippen LogP contribution in [0.3, 0.4) is 0 Å². The van der Waals surface area contributed by atoms with Crippen molar-refractivity contribution in [2.45, 2.75) is 30.3 Å². The van der Waals surface area contributed by atoms with Crippen LogP contribution in [0.25, 0.3) is 0 Å². The Kier molecular flexibility index (Phi) is 5.59. The topological polar surface area (TPSA) is 66.5 Å². The summed E-state index contributed by atoms with van der Waals surface area (Å²) in [6.45, 7) is 0.218. The van der Waals surface area contributed by atoms with E-state index in [0.717, 1.165) is 18.4 Å². The largest absolute Gasteiger partial charge is 0.331 e. The molecule has 27 heavy (non-hydrogen) atoms. The van der Waals surface area contributed by atoms with Crippen LogP contribution in [0.1, 0.15) is 28.8 Å². The molecular weight excluding hydrogens is 367 g/mol. The molecule has 0 unspecified atom stereocenters. The molecule has 0 saturated heterocycles. The monoisotopic (exact) mass is 386 g/mol. The molecule has 0 spiro atoms. The van der Waals surface area contributed by atoms with Gasteiger partial charge in [0.15, 0.2) is 0 Å². The van der Waals surface area contributed by atoms with E-state index in [4.69, 9.17) is 6.42 Å². The lowest BCUT2D eigenvalue weighted by Crippen LogP contribution is -2.33. The first-order chi connectivity index (χ1) is 12.9. The summed E-state index contributed by atoms with van der Waals surface area (Å²) >= 11 is 0. The van der Waals surface area contributed by atoms with E-state index < -0.39 is 10.0 Å². The van der Waals surface area contributed by atoms with Crippen LogP contribution in [0.5, 0.6) is 0 Å². The number of benzene rings is 2. The van der Waals surface area contributed by atoms with Crippen molar-refractivity contribution >= 4 is 15.9 Å². The van der Waals surface area contributed by atoms with Gasteiger partial charge in [0, 0.05) is 18.2 Å². The van der Waals surface area contributed by atoms with Crippen LogP contribution < -0.4 is 4.72 Å². The molecule has 1 N–H and O–H groups in total. The van der Waals surface area contributed by atoms with Gasteiger partial charge in [-0.15, -0.1) is 6.42 Å². The van der Waals surface area contributed by atoms with Gasteiger partial charge in [0.2, 0.25) is 10.0 Å². The summed E-state index contributed by atoms with van der Waals surface area (Å²) in [6, 6.07) is 12.0. The summed E-state index contributed by atoms with van der Waals surface area (Å²) in [7, 11) is -3.78. The summed E-state index contributed by atoms with van der Waals surface area (Å²) in [5.74, 6) is 1.62. The van der Waals surface area contributed by atoms with Gasteiger partial charge in [-0.05, 0) is 48.7 Å². The first kappa shape index (κ1) is 19.1. The molecule has 5 nitrogen and oxygen atoms in total. The Morgan fingerprint density at radius 1 is 1.22 bits per heavy atom. The van der Waals surface area contributed by atoms with Gasteiger partial charge < -0.3 is 4.90 Å². The maximum Gasteiger partial charge on any atom is 0.254 e. The van der Waals surface area contributed by atoms with Crippen molar-refractivity contribution in [3.8, 4) is 12.3 Å². The van der Waals surface area contributed by atoms with Gasteiger partial charge in [0.1, 0.15) is 5.82 Å². The fourth-order valence-electron chi connectivity index (χ4n) is 2.72. The highest BCUT2D eigenvalue weighted by atomic mass is 32.2. The predicted molar refractivity (Wildman–Crippen MR) is 99.8 cm³/mol. The lowest BCUT2D eigenvalue weighted by molar-refractivity contribution is 0.0729. The molecule has 1 saturated carbocycles. The fourth-order valence-corrected chi connectivity index (χ4v) is 3.70. The maximum absolute atomic E-state index is 13.1.